The van der Waals surface area contributed by atoms with Crippen LogP contribution in [0.5, 0.6) is 11.5 Å². The number of rotatable bonds is 13. The molecule has 10 heteroatoms. The van der Waals surface area contributed by atoms with Crippen molar-refractivity contribution >= 4 is 5.97 Å². The normalized spacial score (nSPS) is 12.4. The lowest BCUT2D eigenvalue weighted by atomic mass is 9.95. The Kier molecular flexibility index (Phi) is 10.2. The van der Waals surface area contributed by atoms with Gasteiger partial charge in [-0.15, -0.1) is 13.2 Å². The average Bonchev–Trinajstić information content (AvgIpc) is 2.90. The van der Waals surface area contributed by atoms with Gasteiger partial charge in [-0.3, -0.25) is 0 Å². The summed E-state index contributed by atoms with van der Waals surface area (Å²) in [5.74, 6) is -0.963. The van der Waals surface area contributed by atoms with Gasteiger partial charge < -0.3 is 25.0 Å². The van der Waals surface area contributed by atoms with E-state index in [0.717, 1.165) is 16.7 Å². The molecule has 3 N–H and O–H groups in total. The number of nitrogens with zero attached hydrogens (tertiary/aromatic N) is 1. The van der Waals surface area contributed by atoms with Gasteiger partial charge in [-0.2, -0.15) is 5.26 Å². The number of halogens is 3. The van der Waals surface area contributed by atoms with Gasteiger partial charge in [0.15, 0.2) is 0 Å². The van der Waals surface area contributed by atoms with E-state index in [-0.39, 0.29) is 30.0 Å². The fourth-order valence-electron chi connectivity index (χ4n) is 4.08. The van der Waals surface area contributed by atoms with Crippen LogP contribution in [0.2, 0.25) is 0 Å². The molecule has 3 rings (SSSR count). The van der Waals surface area contributed by atoms with Crippen molar-refractivity contribution in [3.8, 4) is 28.7 Å². The molecule has 212 valence electrons. The Morgan fingerprint density at radius 2 is 1.75 bits per heavy atom. The van der Waals surface area contributed by atoms with Crippen LogP contribution in [-0.2, 0) is 6.42 Å². The summed E-state index contributed by atoms with van der Waals surface area (Å²) < 4.78 is 47.1. The molecular weight excluding hydrogens is 525 g/mol. The number of hydrogen-bond acceptors (Lipinski definition) is 6. The summed E-state index contributed by atoms with van der Waals surface area (Å²) >= 11 is 0. The molecule has 40 heavy (non-hydrogen) atoms. The zero-order valence-corrected chi connectivity index (χ0v) is 22.2. The van der Waals surface area contributed by atoms with E-state index in [1.165, 1.54) is 30.3 Å². The third-order valence-electron chi connectivity index (χ3n) is 6.21. The second-order valence-electron chi connectivity index (χ2n) is 9.98. The molecule has 0 amide bonds. The summed E-state index contributed by atoms with van der Waals surface area (Å²) in [7, 11) is 0. The minimum Gasteiger partial charge on any atom is -0.489 e. The van der Waals surface area contributed by atoms with Crippen LogP contribution in [-0.4, -0.2) is 47.3 Å². The number of hydrogen-bond donors (Lipinski definition) is 3. The third kappa shape index (κ3) is 9.59. The Morgan fingerprint density at radius 3 is 2.40 bits per heavy atom. The van der Waals surface area contributed by atoms with E-state index >= 15 is 0 Å². The number of aryl methyl sites for hydroxylation is 1. The van der Waals surface area contributed by atoms with Crippen molar-refractivity contribution in [2.75, 3.05) is 13.2 Å². The number of aromatic carboxylic acids is 1. The van der Waals surface area contributed by atoms with E-state index in [4.69, 9.17) is 9.84 Å². The minimum absolute atomic E-state index is 0.0643. The van der Waals surface area contributed by atoms with Crippen molar-refractivity contribution in [1.82, 2.24) is 5.32 Å². The van der Waals surface area contributed by atoms with Crippen LogP contribution in [0.25, 0.3) is 11.1 Å². The van der Waals surface area contributed by atoms with Crippen molar-refractivity contribution in [3.05, 3.63) is 83.4 Å². The first-order valence-electron chi connectivity index (χ1n) is 12.6. The Morgan fingerprint density at radius 1 is 1.05 bits per heavy atom. The number of nitriles is 1. The van der Waals surface area contributed by atoms with Gasteiger partial charge in [0.1, 0.15) is 30.3 Å². The quantitative estimate of drug-likeness (QED) is 0.238. The maximum Gasteiger partial charge on any atom is 0.573 e. The van der Waals surface area contributed by atoms with E-state index in [2.05, 4.69) is 16.1 Å². The highest BCUT2D eigenvalue weighted by molar-refractivity contribution is 5.88. The summed E-state index contributed by atoms with van der Waals surface area (Å²) in [5, 5.41) is 32.3. The smallest absolute Gasteiger partial charge is 0.489 e. The summed E-state index contributed by atoms with van der Waals surface area (Å²) in [6.45, 7) is 4.10. The summed E-state index contributed by atoms with van der Waals surface area (Å²) in [4.78, 5) is 11.1. The molecule has 0 aliphatic heterocycles. The summed E-state index contributed by atoms with van der Waals surface area (Å²) in [6, 6.07) is 19.3. The Hall–Kier alpha value is -4.07. The van der Waals surface area contributed by atoms with Gasteiger partial charge in [0, 0.05) is 12.1 Å². The van der Waals surface area contributed by atoms with E-state index in [9.17, 15) is 28.3 Å². The SMILES string of the molecule is CC(C)(CCCc1cccc(OC(F)(F)F)c1)NC[C@H](O)COc1cc(-c2ccc(C(=O)O)cc2)ccc1C#N. The van der Waals surface area contributed by atoms with E-state index in [1.54, 1.807) is 36.4 Å². The van der Waals surface area contributed by atoms with Gasteiger partial charge in [-0.25, -0.2) is 4.79 Å². The molecule has 0 unspecified atom stereocenters. The van der Waals surface area contributed by atoms with Crippen LogP contribution in [0.15, 0.2) is 66.7 Å². The highest BCUT2D eigenvalue weighted by Gasteiger charge is 2.31. The lowest BCUT2D eigenvalue weighted by molar-refractivity contribution is -0.274. The lowest BCUT2D eigenvalue weighted by Crippen LogP contribution is -2.44. The molecule has 0 radical (unpaired) electrons. The molecule has 3 aromatic rings. The number of ether oxygens (including phenoxy) is 2. The van der Waals surface area contributed by atoms with Gasteiger partial charge in [0.25, 0.3) is 0 Å². The highest BCUT2D eigenvalue weighted by atomic mass is 19.4. The molecule has 7 nitrogen and oxygen atoms in total. The molecule has 0 aliphatic rings. The fraction of sp³-hybridized carbons (Fsp3) is 0.333. The van der Waals surface area contributed by atoms with Gasteiger partial charge in [-0.05, 0) is 86.2 Å². The van der Waals surface area contributed by atoms with Gasteiger partial charge in [0.2, 0.25) is 0 Å². The predicted molar refractivity (Wildman–Crippen MR) is 143 cm³/mol. The molecule has 0 aliphatic carbocycles. The molecule has 0 fully saturated rings. The Balaban J connectivity index is 1.49. The minimum atomic E-state index is -4.73. The summed E-state index contributed by atoms with van der Waals surface area (Å²) in [6.07, 6.45) is -3.64. The van der Waals surface area contributed by atoms with Crippen LogP contribution in [0.1, 0.15) is 48.2 Å². The van der Waals surface area contributed by atoms with Crippen LogP contribution >= 0.6 is 0 Å². The second kappa shape index (κ2) is 13.3. The van der Waals surface area contributed by atoms with Gasteiger partial charge >= 0.3 is 12.3 Å². The van der Waals surface area contributed by atoms with Crippen molar-refractivity contribution in [2.24, 2.45) is 0 Å². The molecule has 1 atom stereocenters. The average molecular weight is 557 g/mol. The predicted octanol–water partition coefficient (Wildman–Crippen LogP) is 5.95. The third-order valence-corrected chi connectivity index (χ3v) is 6.21. The van der Waals surface area contributed by atoms with Gasteiger partial charge in [-0.1, -0.05) is 30.3 Å². The number of aliphatic hydroxyl groups is 1. The van der Waals surface area contributed by atoms with Crippen molar-refractivity contribution < 1.29 is 37.7 Å². The highest BCUT2D eigenvalue weighted by Crippen LogP contribution is 2.28. The van der Waals surface area contributed by atoms with E-state index in [0.29, 0.717) is 30.6 Å². The molecule has 0 bridgehead atoms. The van der Waals surface area contributed by atoms with Crippen LogP contribution in [0, 0.1) is 11.3 Å². The maximum absolute atomic E-state index is 12.5. The topological polar surface area (TPSA) is 112 Å². The molecule has 0 saturated carbocycles. The molecular formula is C30H31F3N2O5. The number of alkyl halides is 3. The van der Waals surface area contributed by atoms with E-state index in [1.807, 2.05) is 13.8 Å². The Labute approximate surface area is 230 Å². The molecule has 0 spiro atoms. The molecule has 0 saturated heterocycles. The number of benzene rings is 3. The number of β-amino-alcohol motifs (C(OH)–C–C–N with tert-alkyl or cyclic N) is 1. The summed E-state index contributed by atoms with van der Waals surface area (Å²) in [5.41, 5.74) is 2.33. The van der Waals surface area contributed by atoms with E-state index < -0.39 is 18.4 Å². The van der Waals surface area contributed by atoms with Crippen molar-refractivity contribution in [2.45, 2.75) is 51.1 Å². The van der Waals surface area contributed by atoms with Crippen LogP contribution in [0.3, 0.4) is 0 Å². The fourth-order valence-corrected chi connectivity index (χ4v) is 4.08. The number of carbonyl (C=O) groups is 1. The zero-order valence-electron chi connectivity index (χ0n) is 22.2. The maximum atomic E-state index is 12.5. The van der Waals surface area contributed by atoms with Gasteiger partial charge in [0.05, 0.1) is 11.1 Å². The van der Waals surface area contributed by atoms with Crippen LogP contribution < -0.4 is 14.8 Å². The first kappa shape index (κ1) is 30.5. The molecule has 3 aromatic carbocycles. The van der Waals surface area contributed by atoms with Crippen molar-refractivity contribution in [1.29, 1.82) is 5.26 Å². The first-order chi connectivity index (χ1) is 18.8. The molecule has 0 aromatic heterocycles. The Bertz CT molecular complexity index is 1330. The van der Waals surface area contributed by atoms with Crippen LogP contribution in [0.4, 0.5) is 13.2 Å². The largest absolute Gasteiger partial charge is 0.573 e. The number of carboxylic acid groups (broad SMARTS) is 1. The zero-order chi connectivity index (χ0) is 29.3. The monoisotopic (exact) mass is 556 g/mol. The number of carboxylic acids is 1. The first-order valence-corrected chi connectivity index (χ1v) is 12.6. The molecule has 0 heterocycles. The lowest BCUT2D eigenvalue weighted by Gasteiger charge is -2.28. The standard InChI is InChI=1S/C30H31F3N2O5/c1-29(2,14-4-6-20-5-3-7-26(15-20)40-30(31,32)33)35-18-25(36)19-39-27-16-23(12-13-24(27)17-34)21-8-10-22(11-9-21)28(37)38/h3,5,7-13,15-16,25,35-36H,4,6,14,18-19H2,1-2H3,(H,37,38)/t25-/m0/s1. The number of aliphatic hydroxyl groups excluding tert-OH is 1. The van der Waals surface area contributed by atoms with Crippen molar-refractivity contribution in [3.63, 3.8) is 0 Å². The second-order valence-corrected chi connectivity index (χ2v) is 9.98. The number of nitrogens with one attached hydrogen (secondary N) is 1.